The van der Waals surface area contributed by atoms with Gasteiger partial charge in [-0.15, -0.1) is 0 Å². The molecule has 2 heterocycles. The molecule has 0 saturated carbocycles. The SMILES string of the molecule is Cc1cc(C(=O)NC[C@@H]2CCCN(S(C)(=O)=O)C2)c(=O)[nH]c1C. The van der Waals surface area contributed by atoms with E-state index >= 15 is 0 Å². The van der Waals surface area contributed by atoms with Gasteiger partial charge in [-0.05, 0) is 44.2 Å². The summed E-state index contributed by atoms with van der Waals surface area (Å²) in [7, 11) is -3.20. The van der Waals surface area contributed by atoms with Crippen LogP contribution in [0, 0.1) is 19.8 Å². The fourth-order valence-corrected chi connectivity index (χ4v) is 3.66. The first-order valence-corrected chi connectivity index (χ1v) is 9.47. The number of carbonyl (C=O) groups excluding carboxylic acids is 1. The molecule has 23 heavy (non-hydrogen) atoms. The number of amides is 1. The van der Waals surface area contributed by atoms with E-state index in [-0.39, 0.29) is 11.5 Å². The number of rotatable bonds is 4. The van der Waals surface area contributed by atoms with Crippen molar-refractivity contribution in [3.8, 4) is 0 Å². The van der Waals surface area contributed by atoms with Crippen molar-refractivity contribution in [3.63, 3.8) is 0 Å². The second kappa shape index (κ2) is 6.84. The molecule has 1 aliphatic rings. The molecule has 1 saturated heterocycles. The summed E-state index contributed by atoms with van der Waals surface area (Å²) >= 11 is 0. The van der Waals surface area contributed by atoms with Gasteiger partial charge in [0.05, 0.1) is 6.26 Å². The average molecular weight is 341 g/mol. The van der Waals surface area contributed by atoms with Crippen molar-refractivity contribution in [2.45, 2.75) is 26.7 Å². The molecule has 2 rings (SSSR count). The van der Waals surface area contributed by atoms with Crippen LogP contribution in [-0.4, -0.2) is 49.5 Å². The zero-order valence-corrected chi connectivity index (χ0v) is 14.5. The van der Waals surface area contributed by atoms with Crippen LogP contribution in [-0.2, 0) is 10.0 Å². The molecule has 0 aliphatic carbocycles. The van der Waals surface area contributed by atoms with E-state index in [9.17, 15) is 18.0 Å². The highest BCUT2D eigenvalue weighted by Gasteiger charge is 2.26. The Balaban J connectivity index is 2.00. The molecule has 1 amide bonds. The minimum absolute atomic E-state index is 0.0630. The minimum Gasteiger partial charge on any atom is -0.352 e. The molecule has 0 radical (unpaired) electrons. The third-order valence-electron chi connectivity index (χ3n) is 4.24. The molecular weight excluding hydrogens is 318 g/mol. The van der Waals surface area contributed by atoms with E-state index in [4.69, 9.17) is 0 Å². The number of piperidine rings is 1. The molecule has 8 heteroatoms. The van der Waals surface area contributed by atoms with Crippen molar-refractivity contribution in [3.05, 3.63) is 33.2 Å². The molecule has 1 aromatic heterocycles. The highest BCUT2D eigenvalue weighted by molar-refractivity contribution is 7.88. The molecule has 1 aromatic rings. The van der Waals surface area contributed by atoms with Crippen molar-refractivity contribution in [1.82, 2.24) is 14.6 Å². The summed E-state index contributed by atoms with van der Waals surface area (Å²) in [6.45, 7) is 4.90. The maximum absolute atomic E-state index is 12.2. The molecule has 0 bridgehead atoms. The molecule has 1 fully saturated rings. The summed E-state index contributed by atoms with van der Waals surface area (Å²) in [5.74, 6) is -0.362. The summed E-state index contributed by atoms with van der Waals surface area (Å²) in [4.78, 5) is 26.7. The van der Waals surface area contributed by atoms with Gasteiger partial charge in [0.1, 0.15) is 5.56 Å². The second-order valence-electron chi connectivity index (χ2n) is 6.16. The van der Waals surface area contributed by atoms with Crippen LogP contribution < -0.4 is 10.9 Å². The topological polar surface area (TPSA) is 99.3 Å². The van der Waals surface area contributed by atoms with Gasteiger partial charge in [0.15, 0.2) is 0 Å². The van der Waals surface area contributed by atoms with Gasteiger partial charge < -0.3 is 10.3 Å². The Morgan fingerprint density at radius 2 is 2.13 bits per heavy atom. The number of hydrogen-bond donors (Lipinski definition) is 2. The van der Waals surface area contributed by atoms with Crippen molar-refractivity contribution in [2.75, 3.05) is 25.9 Å². The highest BCUT2D eigenvalue weighted by Crippen LogP contribution is 2.18. The Morgan fingerprint density at radius 1 is 1.43 bits per heavy atom. The first-order valence-electron chi connectivity index (χ1n) is 7.62. The predicted octanol–water partition coefficient (Wildman–Crippen LogP) is 0.393. The lowest BCUT2D eigenvalue weighted by molar-refractivity contribution is 0.0940. The van der Waals surface area contributed by atoms with Crippen LogP contribution >= 0.6 is 0 Å². The zero-order chi connectivity index (χ0) is 17.2. The van der Waals surface area contributed by atoms with E-state index in [1.54, 1.807) is 13.0 Å². The Morgan fingerprint density at radius 3 is 2.78 bits per heavy atom. The lowest BCUT2D eigenvalue weighted by Gasteiger charge is -2.30. The maximum Gasteiger partial charge on any atom is 0.261 e. The Kier molecular flexibility index (Phi) is 5.26. The summed E-state index contributed by atoms with van der Waals surface area (Å²) in [6, 6.07) is 1.58. The van der Waals surface area contributed by atoms with E-state index in [1.807, 2.05) is 6.92 Å². The molecule has 0 aromatic carbocycles. The van der Waals surface area contributed by atoms with Gasteiger partial charge in [0.25, 0.3) is 11.5 Å². The van der Waals surface area contributed by atoms with Crippen LogP contribution in [0.3, 0.4) is 0 Å². The lowest BCUT2D eigenvalue weighted by atomic mass is 9.99. The third kappa shape index (κ3) is 4.42. The number of hydrogen-bond acceptors (Lipinski definition) is 4. The van der Waals surface area contributed by atoms with Gasteiger partial charge in [-0.1, -0.05) is 0 Å². The number of H-pyrrole nitrogens is 1. The van der Waals surface area contributed by atoms with Crippen molar-refractivity contribution < 1.29 is 13.2 Å². The van der Waals surface area contributed by atoms with E-state index in [0.717, 1.165) is 24.1 Å². The minimum atomic E-state index is -3.20. The number of nitrogens with one attached hydrogen (secondary N) is 2. The number of nitrogens with zero attached hydrogens (tertiary/aromatic N) is 1. The molecule has 7 nitrogen and oxygen atoms in total. The van der Waals surface area contributed by atoms with Crippen LogP contribution in [0.4, 0.5) is 0 Å². The number of pyridine rings is 1. The quantitative estimate of drug-likeness (QED) is 0.827. The Bertz CT molecular complexity index is 754. The molecule has 0 unspecified atom stereocenters. The first kappa shape index (κ1) is 17.7. The van der Waals surface area contributed by atoms with E-state index in [0.29, 0.717) is 19.6 Å². The predicted molar refractivity (Wildman–Crippen MR) is 88.0 cm³/mol. The Labute approximate surface area is 136 Å². The number of carbonyl (C=O) groups is 1. The average Bonchev–Trinajstić information content (AvgIpc) is 2.48. The van der Waals surface area contributed by atoms with Crippen LogP contribution in [0.25, 0.3) is 0 Å². The van der Waals surface area contributed by atoms with Crippen LogP contribution in [0.15, 0.2) is 10.9 Å². The Hall–Kier alpha value is -1.67. The molecule has 128 valence electrons. The molecule has 2 N–H and O–H groups in total. The number of sulfonamides is 1. The first-order chi connectivity index (χ1) is 10.7. The van der Waals surface area contributed by atoms with E-state index < -0.39 is 21.5 Å². The van der Waals surface area contributed by atoms with Gasteiger partial charge >= 0.3 is 0 Å². The van der Waals surface area contributed by atoms with Gasteiger partial charge in [-0.2, -0.15) is 0 Å². The summed E-state index contributed by atoms with van der Waals surface area (Å²) in [5, 5.41) is 2.75. The van der Waals surface area contributed by atoms with Gasteiger partial charge in [-0.25, -0.2) is 12.7 Å². The number of aromatic amines is 1. The van der Waals surface area contributed by atoms with Crippen molar-refractivity contribution in [1.29, 1.82) is 0 Å². The van der Waals surface area contributed by atoms with E-state index in [1.165, 1.54) is 10.6 Å². The molecule has 1 atom stereocenters. The van der Waals surface area contributed by atoms with Gasteiger partial charge in [-0.3, -0.25) is 9.59 Å². The molecule has 1 aliphatic heterocycles. The fourth-order valence-electron chi connectivity index (χ4n) is 2.72. The number of aromatic nitrogens is 1. The summed E-state index contributed by atoms with van der Waals surface area (Å²) < 4.78 is 24.6. The molecule has 0 spiro atoms. The second-order valence-corrected chi connectivity index (χ2v) is 8.14. The highest BCUT2D eigenvalue weighted by atomic mass is 32.2. The fraction of sp³-hybridized carbons (Fsp3) is 0.600. The smallest absolute Gasteiger partial charge is 0.261 e. The van der Waals surface area contributed by atoms with Gasteiger partial charge in [0.2, 0.25) is 10.0 Å². The van der Waals surface area contributed by atoms with Crippen LogP contribution in [0.5, 0.6) is 0 Å². The third-order valence-corrected chi connectivity index (χ3v) is 5.51. The zero-order valence-electron chi connectivity index (χ0n) is 13.7. The van der Waals surface area contributed by atoms with Crippen molar-refractivity contribution in [2.24, 2.45) is 5.92 Å². The van der Waals surface area contributed by atoms with Crippen LogP contribution in [0.1, 0.15) is 34.5 Å². The largest absolute Gasteiger partial charge is 0.352 e. The van der Waals surface area contributed by atoms with E-state index in [2.05, 4.69) is 10.3 Å². The monoisotopic (exact) mass is 341 g/mol. The standard InChI is InChI=1S/C15H23N3O4S/c1-10-7-13(15(20)17-11(10)2)14(19)16-8-12-5-4-6-18(9-12)23(3,21)22/h7,12H,4-6,8-9H2,1-3H3,(H,16,19)(H,17,20)/t12-/m0/s1. The lowest BCUT2D eigenvalue weighted by Crippen LogP contribution is -2.43. The summed E-state index contributed by atoms with van der Waals surface area (Å²) in [6.07, 6.45) is 2.83. The van der Waals surface area contributed by atoms with Crippen LogP contribution in [0.2, 0.25) is 0 Å². The molecular formula is C15H23N3O4S. The summed E-state index contributed by atoms with van der Waals surface area (Å²) in [5.41, 5.74) is 1.26. The normalized spacial score (nSPS) is 19.5. The van der Waals surface area contributed by atoms with Crippen molar-refractivity contribution >= 4 is 15.9 Å². The number of aryl methyl sites for hydroxylation is 2. The maximum atomic E-state index is 12.2. The van der Waals surface area contributed by atoms with Gasteiger partial charge in [0, 0.05) is 25.3 Å².